The standard InChI is InChI=1S/C14H20N4/c1-2-17(9-7-15)11-13-3-5-14(6-4-13)18-10-8-16-12-18/h3-6,8,10,12H,2,7,9,11,15H2,1H3. The maximum atomic E-state index is 5.59. The number of hydrogen-bond donors (Lipinski definition) is 1. The molecule has 18 heavy (non-hydrogen) atoms. The number of nitrogens with zero attached hydrogens (tertiary/aromatic N) is 3. The van der Waals surface area contributed by atoms with Crippen LogP contribution in [0.4, 0.5) is 0 Å². The first-order chi connectivity index (χ1) is 8.83. The van der Waals surface area contributed by atoms with Crippen molar-refractivity contribution >= 4 is 0 Å². The van der Waals surface area contributed by atoms with Crippen molar-refractivity contribution in [2.24, 2.45) is 5.73 Å². The van der Waals surface area contributed by atoms with E-state index in [2.05, 4.69) is 41.1 Å². The summed E-state index contributed by atoms with van der Waals surface area (Å²) in [6.45, 7) is 5.80. The van der Waals surface area contributed by atoms with Crippen molar-refractivity contribution < 1.29 is 0 Å². The van der Waals surface area contributed by atoms with E-state index in [4.69, 9.17) is 5.73 Å². The first-order valence-corrected chi connectivity index (χ1v) is 6.33. The summed E-state index contributed by atoms with van der Waals surface area (Å²) in [6, 6.07) is 8.56. The summed E-state index contributed by atoms with van der Waals surface area (Å²) in [4.78, 5) is 6.39. The van der Waals surface area contributed by atoms with E-state index in [-0.39, 0.29) is 0 Å². The fourth-order valence-electron chi connectivity index (χ4n) is 1.98. The number of rotatable bonds is 6. The van der Waals surface area contributed by atoms with Gasteiger partial charge in [-0.1, -0.05) is 19.1 Å². The van der Waals surface area contributed by atoms with Crippen LogP contribution in [0.3, 0.4) is 0 Å². The molecule has 0 saturated carbocycles. The Kier molecular flexibility index (Phi) is 4.50. The molecular formula is C14H20N4. The zero-order valence-electron chi connectivity index (χ0n) is 10.8. The Hall–Kier alpha value is -1.65. The van der Waals surface area contributed by atoms with Gasteiger partial charge >= 0.3 is 0 Å². The molecule has 96 valence electrons. The van der Waals surface area contributed by atoms with E-state index in [9.17, 15) is 0 Å². The number of nitrogens with two attached hydrogens (primary N) is 1. The summed E-state index contributed by atoms with van der Waals surface area (Å²) in [7, 11) is 0. The predicted molar refractivity (Wildman–Crippen MR) is 73.6 cm³/mol. The maximum absolute atomic E-state index is 5.59. The lowest BCUT2D eigenvalue weighted by molar-refractivity contribution is 0.288. The van der Waals surface area contributed by atoms with Crippen LogP contribution in [-0.4, -0.2) is 34.1 Å². The summed E-state index contributed by atoms with van der Waals surface area (Å²) in [6.07, 6.45) is 5.54. The SMILES string of the molecule is CCN(CCN)Cc1ccc(-n2ccnc2)cc1. The van der Waals surface area contributed by atoms with Crippen molar-refractivity contribution in [1.82, 2.24) is 14.5 Å². The van der Waals surface area contributed by atoms with E-state index in [0.717, 1.165) is 25.3 Å². The molecule has 0 saturated heterocycles. The molecule has 0 spiro atoms. The number of benzene rings is 1. The summed E-state index contributed by atoms with van der Waals surface area (Å²) >= 11 is 0. The molecule has 2 aromatic rings. The van der Waals surface area contributed by atoms with Crippen molar-refractivity contribution in [1.29, 1.82) is 0 Å². The molecule has 0 fully saturated rings. The molecular weight excluding hydrogens is 224 g/mol. The van der Waals surface area contributed by atoms with Gasteiger partial charge in [0, 0.05) is 37.7 Å². The van der Waals surface area contributed by atoms with Crippen LogP contribution in [0.15, 0.2) is 43.0 Å². The van der Waals surface area contributed by atoms with Crippen molar-refractivity contribution in [3.63, 3.8) is 0 Å². The van der Waals surface area contributed by atoms with Crippen molar-refractivity contribution in [3.05, 3.63) is 48.5 Å². The van der Waals surface area contributed by atoms with E-state index in [0.29, 0.717) is 6.54 Å². The Balaban J connectivity index is 2.03. The van der Waals surface area contributed by atoms with Crippen molar-refractivity contribution in [2.75, 3.05) is 19.6 Å². The zero-order chi connectivity index (χ0) is 12.8. The van der Waals surface area contributed by atoms with E-state index < -0.39 is 0 Å². The molecule has 0 atom stereocenters. The number of aromatic nitrogens is 2. The van der Waals surface area contributed by atoms with Gasteiger partial charge in [-0.3, -0.25) is 4.90 Å². The molecule has 4 nitrogen and oxygen atoms in total. The molecule has 1 heterocycles. The van der Waals surface area contributed by atoms with Crippen LogP contribution in [0, 0.1) is 0 Å². The number of hydrogen-bond acceptors (Lipinski definition) is 3. The summed E-state index contributed by atoms with van der Waals surface area (Å²) in [5.74, 6) is 0. The third kappa shape index (κ3) is 3.18. The second-order valence-electron chi connectivity index (χ2n) is 4.29. The minimum absolute atomic E-state index is 0.709. The lowest BCUT2D eigenvalue weighted by atomic mass is 10.2. The molecule has 2 N–H and O–H groups in total. The van der Waals surface area contributed by atoms with Gasteiger partial charge in [0.25, 0.3) is 0 Å². The predicted octanol–water partition coefficient (Wildman–Crippen LogP) is 1.65. The van der Waals surface area contributed by atoms with Gasteiger partial charge in [-0.05, 0) is 24.2 Å². The monoisotopic (exact) mass is 244 g/mol. The smallest absolute Gasteiger partial charge is 0.0991 e. The molecule has 1 aromatic carbocycles. The highest BCUT2D eigenvalue weighted by molar-refractivity contribution is 5.34. The molecule has 4 heteroatoms. The highest BCUT2D eigenvalue weighted by Crippen LogP contribution is 2.11. The summed E-state index contributed by atoms with van der Waals surface area (Å²) in [5.41, 5.74) is 8.05. The minimum Gasteiger partial charge on any atom is -0.329 e. The first-order valence-electron chi connectivity index (χ1n) is 6.33. The van der Waals surface area contributed by atoms with Gasteiger partial charge in [0.15, 0.2) is 0 Å². The molecule has 2 rings (SSSR count). The lowest BCUT2D eigenvalue weighted by Crippen LogP contribution is -2.28. The fraction of sp³-hybridized carbons (Fsp3) is 0.357. The van der Waals surface area contributed by atoms with Crippen LogP contribution in [0.2, 0.25) is 0 Å². The molecule has 0 unspecified atom stereocenters. The van der Waals surface area contributed by atoms with Gasteiger partial charge in [0.2, 0.25) is 0 Å². The molecule has 0 radical (unpaired) electrons. The van der Waals surface area contributed by atoms with Gasteiger partial charge in [0.1, 0.15) is 0 Å². The van der Waals surface area contributed by atoms with E-state index in [1.807, 2.05) is 17.1 Å². The Bertz CT molecular complexity index is 447. The Labute approximate surface area is 108 Å². The molecule has 0 aliphatic heterocycles. The fourth-order valence-corrected chi connectivity index (χ4v) is 1.98. The van der Waals surface area contributed by atoms with Gasteiger partial charge < -0.3 is 10.3 Å². The van der Waals surface area contributed by atoms with E-state index in [1.165, 1.54) is 5.56 Å². The molecule has 0 bridgehead atoms. The molecule has 0 aliphatic rings. The van der Waals surface area contributed by atoms with Gasteiger partial charge in [0.05, 0.1) is 6.33 Å². The third-order valence-corrected chi connectivity index (χ3v) is 3.04. The summed E-state index contributed by atoms with van der Waals surface area (Å²) < 4.78 is 2.00. The van der Waals surface area contributed by atoms with Crippen molar-refractivity contribution in [2.45, 2.75) is 13.5 Å². The largest absolute Gasteiger partial charge is 0.329 e. The Morgan fingerprint density at radius 1 is 1.28 bits per heavy atom. The van der Waals surface area contributed by atoms with Crippen LogP contribution in [0.25, 0.3) is 5.69 Å². The van der Waals surface area contributed by atoms with E-state index in [1.54, 1.807) is 6.20 Å². The van der Waals surface area contributed by atoms with Crippen LogP contribution >= 0.6 is 0 Å². The summed E-state index contributed by atoms with van der Waals surface area (Å²) in [5, 5.41) is 0. The van der Waals surface area contributed by atoms with Gasteiger partial charge in [-0.15, -0.1) is 0 Å². The quantitative estimate of drug-likeness (QED) is 0.840. The maximum Gasteiger partial charge on any atom is 0.0991 e. The highest BCUT2D eigenvalue weighted by Gasteiger charge is 2.03. The second kappa shape index (κ2) is 6.33. The van der Waals surface area contributed by atoms with Crippen molar-refractivity contribution in [3.8, 4) is 5.69 Å². The third-order valence-electron chi connectivity index (χ3n) is 3.04. The van der Waals surface area contributed by atoms with Crippen LogP contribution in [0.5, 0.6) is 0 Å². The van der Waals surface area contributed by atoms with E-state index >= 15 is 0 Å². The highest BCUT2D eigenvalue weighted by atomic mass is 15.1. The van der Waals surface area contributed by atoms with Gasteiger partial charge in [-0.25, -0.2) is 4.98 Å². The molecule has 0 aliphatic carbocycles. The van der Waals surface area contributed by atoms with Crippen LogP contribution in [-0.2, 0) is 6.54 Å². The molecule has 1 aromatic heterocycles. The molecule has 0 amide bonds. The van der Waals surface area contributed by atoms with Gasteiger partial charge in [-0.2, -0.15) is 0 Å². The first kappa shape index (κ1) is 12.8. The van der Waals surface area contributed by atoms with Crippen LogP contribution < -0.4 is 5.73 Å². The number of likely N-dealkylation sites (N-methyl/N-ethyl adjacent to an activating group) is 1. The second-order valence-corrected chi connectivity index (χ2v) is 4.29. The minimum atomic E-state index is 0.709. The average Bonchev–Trinajstić information content (AvgIpc) is 2.93. The average molecular weight is 244 g/mol. The van der Waals surface area contributed by atoms with Crippen LogP contribution in [0.1, 0.15) is 12.5 Å². The normalized spacial score (nSPS) is 11.1. The lowest BCUT2D eigenvalue weighted by Gasteiger charge is -2.19. The zero-order valence-corrected chi connectivity index (χ0v) is 10.8. The Morgan fingerprint density at radius 3 is 2.61 bits per heavy atom. The topological polar surface area (TPSA) is 47.1 Å². The number of imidazole rings is 1. The Morgan fingerprint density at radius 2 is 2.06 bits per heavy atom.